The van der Waals surface area contributed by atoms with Crippen LogP contribution in [0.4, 0.5) is 22.9 Å². The van der Waals surface area contributed by atoms with Crippen LogP contribution < -0.4 is 10.2 Å². The van der Waals surface area contributed by atoms with Gasteiger partial charge in [0, 0.05) is 18.3 Å². The lowest BCUT2D eigenvalue weighted by molar-refractivity contribution is -0.394. The van der Waals surface area contributed by atoms with Gasteiger partial charge in [0.25, 0.3) is 5.69 Å². The Morgan fingerprint density at radius 3 is 2.26 bits per heavy atom. The molecule has 0 aliphatic carbocycles. The first-order valence-corrected chi connectivity index (χ1v) is 8.44. The van der Waals surface area contributed by atoms with E-state index in [0.29, 0.717) is 5.56 Å². The van der Waals surface area contributed by atoms with Crippen LogP contribution in [0.25, 0.3) is 0 Å². The van der Waals surface area contributed by atoms with E-state index in [1.807, 2.05) is 0 Å². The van der Waals surface area contributed by atoms with Gasteiger partial charge in [-0.25, -0.2) is 4.98 Å². The summed E-state index contributed by atoms with van der Waals surface area (Å²) in [5, 5.41) is 36.8. The highest BCUT2D eigenvalue weighted by molar-refractivity contribution is 5.80. The van der Waals surface area contributed by atoms with Gasteiger partial charge in [0.1, 0.15) is 5.75 Å². The fraction of sp³-hybridized carbons (Fsp3) is 0. The third kappa shape index (κ3) is 5.11. The van der Waals surface area contributed by atoms with E-state index in [1.54, 1.807) is 12.1 Å². The van der Waals surface area contributed by atoms with E-state index in [4.69, 9.17) is 4.74 Å². The summed E-state index contributed by atoms with van der Waals surface area (Å²) in [4.78, 5) is 34.7. The van der Waals surface area contributed by atoms with Crippen LogP contribution in [0.15, 0.2) is 65.9 Å². The fourth-order valence-corrected chi connectivity index (χ4v) is 2.40. The van der Waals surface area contributed by atoms with Crippen LogP contribution in [0.5, 0.6) is 11.5 Å². The summed E-state index contributed by atoms with van der Waals surface area (Å²) in [5.41, 5.74) is 1.89. The van der Waals surface area contributed by atoms with Crippen LogP contribution in [0.1, 0.15) is 5.56 Å². The lowest BCUT2D eigenvalue weighted by Crippen LogP contribution is -1.99. The van der Waals surface area contributed by atoms with Crippen molar-refractivity contribution in [3.05, 3.63) is 96.7 Å². The van der Waals surface area contributed by atoms with Crippen molar-refractivity contribution in [2.24, 2.45) is 5.10 Å². The van der Waals surface area contributed by atoms with Crippen molar-refractivity contribution >= 4 is 29.1 Å². The largest absolute Gasteiger partial charge is 0.450 e. The van der Waals surface area contributed by atoms with E-state index in [2.05, 4.69) is 15.5 Å². The Kier molecular flexibility index (Phi) is 6.06. The minimum Gasteiger partial charge on any atom is -0.450 e. The molecule has 0 saturated heterocycles. The van der Waals surface area contributed by atoms with Crippen LogP contribution >= 0.6 is 0 Å². The predicted molar refractivity (Wildman–Crippen MR) is 108 cm³/mol. The Bertz CT molecular complexity index is 1180. The number of ether oxygens (including phenoxy) is 1. The maximum absolute atomic E-state index is 11.2. The van der Waals surface area contributed by atoms with E-state index in [9.17, 15) is 30.3 Å². The summed E-state index contributed by atoms with van der Waals surface area (Å²) in [5.74, 6) is 0.0813. The van der Waals surface area contributed by atoms with Crippen LogP contribution in [-0.4, -0.2) is 26.0 Å². The molecular weight excluding hydrogens is 412 g/mol. The van der Waals surface area contributed by atoms with Gasteiger partial charge in [-0.1, -0.05) is 0 Å². The number of benzene rings is 2. The summed E-state index contributed by atoms with van der Waals surface area (Å²) in [7, 11) is 0. The lowest BCUT2D eigenvalue weighted by Gasteiger charge is -2.06. The fourth-order valence-electron chi connectivity index (χ4n) is 2.40. The minimum absolute atomic E-state index is 0.0193. The van der Waals surface area contributed by atoms with E-state index in [1.165, 1.54) is 36.7 Å². The van der Waals surface area contributed by atoms with Gasteiger partial charge in [-0.05, 0) is 42.0 Å². The summed E-state index contributed by atoms with van der Waals surface area (Å²) in [6.45, 7) is 0. The molecule has 13 nitrogen and oxygen atoms in total. The van der Waals surface area contributed by atoms with Gasteiger partial charge >= 0.3 is 11.4 Å². The van der Waals surface area contributed by atoms with E-state index >= 15 is 0 Å². The molecule has 0 bridgehead atoms. The number of aromatic nitrogens is 1. The van der Waals surface area contributed by atoms with Crippen molar-refractivity contribution < 1.29 is 19.5 Å². The molecule has 0 spiro atoms. The highest BCUT2D eigenvalue weighted by atomic mass is 16.6. The molecule has 0 atom stereocenters. The molecule has 1 N–H and O–H groups in total. The number of non-ortho nitro benzene ring substituents is 1. The molecule has 31 heavy (non-hydrogen) atoms. The predicted octanol–water partition coefficient (Wildman–Crippen LogP) is 4.04. The van der Waals surface area contributed by atoms with Crippen LogP contribution in [0, 0.1) is 30.3 Å². The molecule has 0 aliphatic heterocycles. The molecular formula is C18H12N6O7. The Hall–Kier alpha value is -4.94. The average Bonchev–Trinajstić information content (AvgIpc) is 2.75. The van der Waals surface area contributed by atoms with E-state index in [-0.39, 0.29) is 23.0 Å². The SMILES string of the molecule is O=[N+]([O-])c1ccc(Oc2ccc(C=NNc3ncccc3[N+](=O)[O-])cc2)c([N+](=O)[O-])c1. The topological polar surface area (TPSA) is 176 Å². The Balaban J connectivity index is 1.71. The third-order valence-corrected chi connectivity index (χ3v) is 3.83. The second-order valence-electron chi connectivity index (χ2n) is 5.84. The van der Waals surface area contributed by atoms with Crippen molar-refractivity contribution in [1.29, 1.82) is 0 Å². The van der Waals surface area contributed by atoms with Gasteiger partial charge in [-0.2, -0.15) is 5.10 Å². The molecule has 0 saturated carbocycles. The first kappa shape index (κ1) is 20.8. The Labute approximate surface area is 173 Å². The number of hydrogen-bond donors (Lipinski definition) is 1. The second kappa shape index (κ2) is 9.04. The number of rotatable bonds is 8. The molecule has 0 unspecified atom stereocenters. The molecule has 156 valence electrons. The summed E-state index contributed by atoms with van der Waals surface area (Å²) in [6, 6.07) is 12.0. The summed E-state index contributed by atoms with van der Waals surface area (Å²) in [6.07, 6.45) is 2.77. The third-order valence-electron chi connectivity index (χ3n) is 3.83. The average molecular weight is 424 g/mol. The number of nitro groups is 3. The number of hydrazone groups is 1. The molecule has 0 radical (unpaired) electrons. The molecule has 13 heteroatoms. The number of nitrogens with one attached hydrogen (secondary N) is 1. The molecule has 2 aromatic carbocycles. The normalized spacial score (nSPS) is 10.6. The van der Waals surface area contributed by atoms with Crippen LogP contribution in [0.2, 0.25) is 0 Å². The minimum atomic E-state index is -0.772. The van der Waals surface area contributed by atoms with Gasteiger partial charge < -0.3 is 4.74 Å². The zero-order valence-electron chi connectivity index (χ0n) is 15.4. The lowest BCUT2D eigenvalue weighted by atomic mass is 10.2. The zero-order chi connectivity index (χ0) is 22.4. The van der Waals surface area contributed by atoms with Crippen molar-refractivity contribution in [3.8, 4) is 11.5 Å². The van der Waals surface area contributed by atoms with Crippen LogP contribution in [0.3, 0.4) is 0 Å². The van der Waals surface area contributed by atoms with Crippen molar-refractivity contribution in [2.75, 3.05) is 5.43 Å². The number of pyridine rings is 1. The van der Waals surface area contributed by atoms with Gasteiger partial charge in [-0.3, -0.25) is 35.8 Å². The number of nitrogens with zero attached hydrogens (tertiary/aromatic N) is 5. The number of anilines is 1. The highest BCUT2D eigenvalue weighted by Gasteiger charge is 2.21. The molecule has 3 aromatic rings. The first-order valence-electron chi connectivity index (χ1n) is 8.44. The monoisotopic (exact) mass is 424 g/mol. The second-order valence-corrected chi connectivity index (χ2v) is 5.84. The quantitative estimate of drug-likeness (QED) is 0.317. The van der Waals surface area contributed by atoms with Crippen molar-refractivity contribution in [3.63, 3.8) is 0 Å². The van der Waals surface area contributed by atoms with Gasteiger partial charge in [0.05, 0.1) is 27.1 Å². The highest BCUT2D eigenvalue weighted by Crippen LogP contribution is 2.34. The van der Waals surface area contributed by atoms with Gasteiger partial charge in [0.2, 0.25) is 11.6 Å². The molecule has 1 heterocycles. The Morgan fingerprint density at radius 2 is 1.61 bits per heavy atom. The standard InChI is InChI=1S/C18H12N6O7/c25-22(26)13-5-8-17(16(10-13)24(29)30)31-14-6-3-12(4-7-14)11-20-21-18-15(23(27)28)2-1-9-19-18/h1-11H,(H,19,21). The summed E-state index contributed by atoms with van der Waals surface area (Å²) >= 11 is 0. The first-order chi connectivity index (χ1) is 14.8. The summed E-state index contributed by atoms with van der Waals surface area (Å²) < 4.78 is 5.47. The van der Waals surface area contributed by atoms with E-state index < -0.39 is 26.1 Å². The molecule has 0 aliphatic rings. The maximum Gasteiger partial charge on any atom is 0.318 e. The molecule has 0 fully saturated rings. The maximum atomic E-state index is 11.2. The number of hydrogen-bond acceptors (Lipinski definition) is 10. The van der Waals surface area contributed by atoms with Gasteiger partial charge in [0.15, 0.2) is 0 Å². The Morgan fingerprint density at radius 1 is 0.903 bits per heavy atom. The zero-order valence-corrected chi connectivity index (χ0v) is 15.4. The van der Waals surface area contributed by atoms with Gasteiger partial charge in [-0.15, -0.1) is 0 Å². The molecule has 0 amide bonds. The number of nitro benzene ring substituents is 2. The van der Waals surface area contributed by atoms with Crippen LogP contribution in [-0.2, 0) is 0 Å². The van der Waals surface area contributed by atoms with Crippen molar-refractivity contribution in [1.82, 2.24) is 4.98 Å². The molecule has 3 rings (SSSR count). The van der Waals surface area contributed by atoms with E-state index in [0.717, 1.165) is 18.2 Å². The molecule has 1 aromatic heterocycles. The van der Waals surface area contributed by atoms with Crippen molar-refractivity contribution in [2.45, 2.75) is 0 Å². The smallest absolute Gasteiger partial charge is 0.318 e.